The number of benzene rings is 6. The van der Waals surface area contributed by atoms with Crippen LogP contribution in [0.5, 0.6) is 0 Å². The number of alkyl halides is 2. The first kappa shape index (κ1) is 48.3. The first-order valence-electron chi connectivity index (χ1n) is 22.4. The summed E-state index contributed by atoms with van der Waals surface area (Å²) in [6.45, 7) is 2.02. The Labute approximate surface area is 431 Å². The highest BCUT2D eigenvalue weighted by molar-refractivity contribution is 6.31. The van der Waals surface area contributed by atoms with Gasteiger partial charge in [0.1, 0.15) is 9.75 Å². The minimum Gasteiger partial charge on any atom is -0.311 e. The van der Waals surface area contributed by atoms with Crippen molar-refractivity contribution < 1.29 is 0 Å². The topological polar surface area (TPSA) is 69.8 Å². The number of fused-ring (bicyclic) bond motifs is 2. The van der Waals surface area contributed by atoms with E-state index in [2.05, 4.69) is 27.9 Å². The van der Waals surface area contributed by atoms with E-state index in [4.69, 9.17) is 59.3 Å². The van der Waals surface area contributed by atoms with Gasteiger partial charge in [-0.1, -0.05) is 102 Å². The van der Waals surface area contributed by atoms with E-state index in [1.807, 2.05) is 153 Å². The zero-order valence-corrected chi connectivity index (χ0v) is 41.7. The van der Waals surface area contributed by atoms with Crippen LogP contribution in [-0.4, -0.2) is 19.1 Å². The maximum Gasteiger partial charge on any atom is 0.251 e. The number of hydrogen-bond donors (Lipinski definition) is 0. The molecule has 2 atom stereocenters. The van der Waals surface area contributed by atoms with Crippen LogP contribution in [-0.2, 0) is 23.8 Å². The molecular weight excluding hydrogens is 963 g/mol. The van der Waals surface area contributed by atoms with Gasteiger partial charge in [0.2, 0.25) is 0 Å². The van der Waals surface area contributed by atoms with Gasteiger partial charge in [0.05, 0.1) is 11.0 Å². The highest BCUT2D eigenvalue weighted by Gasteiger charge is 2.37. The van der Waals surface area contributed by atoms with Crippen molar-refractivity contribution in [3.63, 3.8) is 0 Å². The molecule has 0 N–H and O–H groups in total. The SMILES string of the molecule is C#Cc1cccc(-c2cc(=O)n(C)c3ccc([C@](Cl)(c4ccc(Cl)cc4)c4cccnc4)cc23)c1.C#Cc1cccc(-c2cc(=O)n(C)c3ccc([C@](Cl)(c4ccc(Cl)cc4)c4cnccc4C)cc23)c1. The monoisotopic (exact) mass is 1000 g/mol. The molecule has 0 radical (unpaired) electrons. The zero-order chi connectivity index (χ0) is 50.0. The largest absolute Gasteiger partial charge is 0.311 e. The number of rotatable bonds is 8. The second-order valence-corrected chi connectivity index (χ2v) is 19.1. The molecule has 10 rings (SSSR count). The summed E-state index contributed by atoms with van der Waals surface area (Å²) < 4.78 is 3.27. The lowest BCUT2D eigenvalue weighted by molar-refractivity contribution is 0.857. The van der Waals surface area contributed by atoms with E-state index in [0.717, 1.165) is 94.1 Å². The predicted molar refractivity (Wildman–Crippen MR) is 293 cm³/mol. The smallest absolute Gasteiger partial charge is 0.251 e. The van der Waals surface area contributed by atoms with Crippen LogP contribution in [0, 0.1) is 31.6 Å². The Morgan fingerprint density at radius 3 is 1.42 bits per heavy atom. The van der Waals surface area contributed by atoms with E-state index in [-0.39, 0.29) is 11.1 Å². The van der Waals surface area contributed by atoms with Gasteiger partial charge >= 0.3 is 0 Å². The Kier molecular flexibility index (Phi) is 13.6. The molecule has 0 aliphatic carbocycles. The Morgan fingerprint density at radius 1 is 0.493 bits per heavy atom. The molecule has 10 heteroatoms. The fraction of sp³-hybridized carbons (Fsp3) is 0.0820. The van der Waals surface area contributed by atoms with Gasteiger partial charge in [-0.05, 0) is 142 Å². The average molecular weight is 1000 g/mol. The molecule has 71 heavy (non-hydrogen) atoms. The Bertz CT molecular complexity index is 3870. The van der Waals surface area contributed by atoms with Gasteiger partial charge in [-0.25, -0.2) is 0 Å². The lowest BCUT2D eigenvalue weighted by Gasteiger charge is -2.31. The quantitative estimate of drug-likeness (QED) is 0.112. The molecule has 0 fully saturated rings. The molecule has 0 aliphatic rings. The van der Waals surface area contributed by atoms with Crippen LogP contribution in [0.4, 0.5) is 0 Å². The van der Waals surface area contributed by atoms with Crippen molar-refractivity contribution in [1.29, 1.82) is 0 Å². The molecule has 0 saturated heterocycles. The molecule has 0 bridgehead atoms. The first-order chi connectivity index (χ1) is 34.2. The van der Waals surface area contributed by atoms with Gasteiger partial charge < -0.3 is 9.13 Å². The van der Waals surface area contributed by atoms with Gasteiger partial charge in [0.15, 0.2) is 0 Å². The third-order valence-corrected chi connectivity index (χ3v) is 14.7. The summed E-state index contributed by atoms with van der Waals surface area (Å²) in [5.74, 6) is 5.35. The molecule has 0 amide bonds. The molecule has 0 unspecified atom stereocenters. The number of aryl methyl sites for hydroxylation is 3. The van der Waals surface area contributed by atoms with Crippen molar-refractivity contribution >= 4 is 68.2 Å². The van der Waals surface area contributed by atoms with Gasteiger partial charge in [-0.3, -0.25) is 19.6 Å². The fourth-order valence-corrected chi connectivity index (χ4v) is 10.2. The second-order valence-electron chi connectivity index (χ2n) is 17.1. The number of aromatic nitrogens is 4. The minimum absolute atomic E-state index is 0.102. The van der Waals surface area contributed by atoms with Crippen molar-refractivity contribution in [1.82, 2.24) is 19.1 Å². The van der Waals surface area contributed by atoms with Crippen molar-refractivity contribution in [2.24, 2.45) is 14.1 Å². The molecule has 10 aromatic rings. The molecule has 6 nitrogen and oxygen atoms in total. The van der Waals surface area contributed by atoms with Gasteiger partial charge in [0.25, 0.3) is 11.1 Å². The summed E-state index contributed by atoms with van der Waals surface area (Å²) in [5, 5.41) is 3.04. The Balaban J connectivity index is 0.000000176. The van der Waals surface area contributed by atoms with Gasteiger partial charge in [0, 0.05) is 94.1 Å². The molecule has 0 saturated carbocycles. The van der Waals surface area contributed by atoms with Crippen molar-refractivity contribution in [2.75, 3.05) is 0 Å². The van der Waals surface area contributed by atoms with E-state index in [0.29, 0.717) is 10.0 Å². The van der Waals surface area contributed by atoms with Crippen LogP contribution >= 0.6 is 46.4 Å². The number of hydrogen-bond acceptors (Lipinski definition) is 4. The Hall–Kier alpha value is -7.68. The lowest BCUT2D eigenvalue weighted by atomic mass is 9.82. The number of terminal acetylenes is 2. The molecule has 0 spiro atoms. The van der Waals surface area contributed by atoms with Crippen LogP contribution in [0.1, 0.15) is 50.1 Å². The molecular formula is C61H42Cl4N4O2. The minimum atomic E-state index is -1.04. The van der Waals surface area contributed by atoms with Gasteiger partial charge in [-0.15, -0.1) is 36.0 Å². The Morgan fingerprint density at radius 2 is 0.958 bits per heavy atom. The maximum atomic E-state index is 12.9. The number of nitrogens with zero attached hydrogens (tertiary/aromatic N) is 4. The van der Waals surface area contributed by atoms with E-state index in [9.17, 15) is 9.59 Å². The molecule has 0 aliphatic heterocycles. The summed E-state index contributed by atoms with van der Waals surface area (Å²) in [5.41, 5.74) is 12.3. The van der Waals surface area contributed by atoms with E-state index < -0.39 is 9.75 Å². The zero-order valence-electron chi connectivity index (χ0n) is 38.7. The third-order valence-electron chi connectivity index (χ3n) is 12.9. The van der Waals surface area contributed by atoms with Crippen LogP contribution in [0.2, 0.25) is 10.0 Å². The highest BCUT2D eigenvalue weighted by Crippen LogP contribution is 2.47. The summed E-state index contributed by atoms with van der Waals surface area (Å²) in [6.07, 6.45) is 18.3. The van der Waals surface area contributed by atoms with E-state index >= 15 is 0 Å². The van der Waals surface area contributed by atoms with Crippen molar-refractivity contribution in [3.05, 3.63) is 269 Å². The van der Waals surface area contributed by atoms with E-state index in [1.54, 1.807) is 60.1 Å². The summed E-state index contributed by atoms with van der Waals surface area (Å²) in [7, 11) is 3.53. The summed E-state index contributed by atoms with van der Waals surface area (Å²) in [4.78, 5) is 32.3. The second kappa shape index (κ2) is 20.0. The van der Waals surface area contributed by atoms with Crippen LogP contribution < -0.4 is 11.1 Å². The normalized spacial score (nSPS) is 12.7. The van der Waals surface area contributed by atoms with Crippen LogP contribution in [0.15, 0.2) is 198 Å². The van der Waals surface area contributed by atoms with Crippen LogP contribution in [0.25, 0.3) is 44.1 Å². The molecule has 4 aromatic heterocycles. The third kappa shape index (κ3) is 9.16. The average Bonchev–Trinajstić information content (AvgIpc) is 3.41. The first-order valence-corrected chi connectivity index (χ1v) is 23.9. The maximum absolute atomic E-state index is 12.9. The molecule has 4 heterocycles. The summed E-state index contributed by atoms with van der Waals surface area (Å²) in [6, 6.07) is 51.3. The van der Waals surface area contributed by atoms with Gasteiger partial charge in [-0.2, -0.15) is 0 Å². The number of pyridine rings is 4. The fourth-order valence-electron chi connectivity index (χ4n) is 9.11. The summed E-state index contributed by atoms with van der Waals surface area (Å²) >= 11 is 27.5. The lowest BCUT2D eigenvalue weighted by Crippen LogP contribution is -2.24. The van der Waals surface area contributed by atoms with Crippen LogP contribution in [0.3, 0.4) is 0 Å². The predicted octanol–water partition coefficient (Wildman–Crippen LogP) is 13.8. The molecule has 346 valence electrons. The van der Waals surface area contributed by atoms with Crippen molar-refractivity contribution in [2.45, 2.75) is 16.7 Å². The van der Waals surface area contributed by atoms with Crippen molar-refractivity contribution in [3.8, 4) is 46.9 Å². The standard InChI is InChI=1S/C31H22Cl2N2O.C30H20Cl2N2O/c1-4-21-6-5-7-22(16-21)26-18-30(36)35(3)29-13-10-24(17-27(26)29)31(33,23-8-11-25(32)12-9-23)28-19-34-15-14-20(28)2;1-3-20-6-4-7-21(16-20)26-18-29(35)34(2)28-14-11-23(17-27(26)28)30(32,24-8-5-15-33-19-24)22-9-12-25(31)13-10-22/h1,5-19H,2-3H3;1,4-19H,2H3/t31-;30-/m11/s1. The number of halogens is 4. The highest BCUT2D eigenvalue weighted by atomic mass is 35.5. The van der Waals surface area contributed by atoms with E-state index in [1.165, 1.54) is 0 Å². The molecule has 6 aromatic carbocycles.